The van der Waals surface area contributed by atoms with E-state index in [1.165, 1.54) is 0 Å². The molecule has 2 amide bonds. The van der Waals surface area contributed by atoms with Crippen molar-refractivity contribution in [1.82, 2.24) is 20.2 Å². The van der Waals surface area contributed by atoms with Crippen LogP contribution in [0.15, 0.2) is 67.0 Å². The summed E-state index contributed by atoms with van der Waals surface area (Å²) in [5, 5.41) is 2.96. The van der Waals surface area contributed by atoms with Gasteiger partial charge in [-0.25, -0.2) is 4.98 Å². The first-order valence-electron chi connectivity index (χ1n) is 8.91. The molecule has 0 fully saturated rings. The highest BCUT2D eigenvalue weighted by Gasteiger charge is 2.36. The molecular weight excluding hydrogens is 340 g/mol. The smallest absolute Gasteiger partial charge is 0.254 e. The molecular formula is C21H20N4O2. The lowest BCUT2D eigenvalue weighted by molar-refractivity contribution is -0.126. The maximum atomic E-state index is 13.0. The van der Waals surface area contributed by atoms with E-state index in [1.807, 2.05) is 48.5 Å². The van der Waals surface area contributed by atoms with Gasteiger partial charge in [-0.2, -0.15) is 0 Å². The molecule has 1 aromatic heterocycles. The number of rotatable bonds is 4. The Morgan fingerprint density at radius 3 is 2.52 bits per heavy atom. The Kier molecular flexibility index (Phi) is 4.70. The Bertz CT molecular complexity index is 937. The first kappa shape index (κ1) is 17.0. The van der Waals surface area contributed by atoms with E-state index in [4.69, 9.17) is 0 Å². The molecule has 0 aliphatic carbocycles. The van der Waals surface area contributed by atoms with Crippen molar-refractivity contribution in [3.05, 3.63) is 89.5 Å². The molecule has 2 N–H and O–H groups in total. The number of benzene rings is 2. The monoisotopic (exact) mass is 360 g/mol. The molecule has 0 bridgehead atoms. The molecule has 1 atom stereocenters. The van der Waals surface area contributed by atoms with Crippen LogP contribution in [0, 0.1) is 0 Å². The number of aromatic amines is 1. The van der Waals surface area contributed by atoms with Gasteiger partial charge in [0.15, 0.2) is 0 Å². The second kappa shape index (κ2) is 7.45. The summed E-state index contributed by atoms with van der Waals surface area (Å²) in [6.45, 7) is 0.767. The van der Waals surface area contributed by atoms with E-state index in [2.05, 4.69) is 15.3 Å². The molecule has 0 saturated heterocycles. The average molecular weight is 360 g/mol. The van der Waals surface area contributed by atoms with Crippen molar-refractivity contribution < 1.29 is 9.59 Å². The first-order valence-corrected chi connectivity index (χ1v) is 8.91. The highest BCUT2D eigenvalue weighted by Crippen LogP contribution is 2.23. The number of nitrogens with one attached hydrogen (secondary N) is 2. The van der Waals surface area contributed by atoms with Crippen molar-refractivity contribution in [2.75, 3.05) is 0 Å². The van der Waals surface area contributed by atoms with Gasteiger partial charge in [0.1, 0.15) is 6.04 Å². The van der Waals surface area contributed by atoms with Crippen LogP contribution in [0.4, 0.5) is 0 Å². The summed E-state index contributed by atoms with van der Waals surface area (Å²) in [5.41, 5.74) is 3.31. The normalized spacial score (nSPS) is 15.9. The minimum Gasteiger partial charge on any atom is -0.350 e. The van der Waals surface area contributed by atoms with E-state index in [-0.39, 0.29) is 11.8 Å². The van der Waals surface area contributed by atoms with Crippen molar-refractivity contribution in [2.45, 2.75) is 25.6 Å². The van der Waals surface area contributed by atoms with E-state index in [0.717, 1.165) is 17.0 Å². The molecule has 0 saturated carbocycles. The third-order valence-corrected chi connectivity index (χ3v) is 4.79. The van der Waals surface area contributed by atoms with Gasteiger partial charge in [-0.05, 0) is 17.7 Å². The third kappa shape index (κ3) is 3.60. The molecule has 1 aliphatic heterocycles. The SMILES string of the molecule is O=C(NCc1ccccc1)[C@@H]1Cc2nc[nH]c2CN1C(=O)c1ccccc1. The molecule has 0 spiro atoms. The maximum Gasteiger partial charge on any atom is 0.254 e. The lowest BCUT2D eigenvalue weighted by Crippen LogP contribution is -2.52. The molecule has 136 valence electrons. The summed E-state index contributed by atoms with van der Waals surface area (Å²) in [7, 11) is 0. The van der Waals surface area contributed by atoms with Crippen LogP contribution in [-0.2, 0) is 24.3 Å². The van der Waals surface area contributed by atoms with Crippen LogP contribution in [-0.4, -0.2) is 32.7 Å². The Morgan fingerprint density at radius 2 is 1.78 bits per heavy atom. The fourth-order valence-electron chi connectivity index (χ4n) is 3.33. The second-order valence-corrected chi connectivity index (χ2v) is 6.55. The van der Waals surface area contributed by atoms with Crippen molar-refractivity contribution in [1.29, 1.82) is 0 Å². The summed E-state index contributed by atoms with van der Waals surface area (Å²) < 4.78 is 0. The predicted octanol–water partition coefficient (Wildman–Crippen LogP) is 2.29. The quantitative estimate of drug-likeness (QED) is 0.749. The van der Waals surface area contributed by atoms with Gasteiger partial charge in [-0.15, -0.1) is 0 Å². The van der Waals surface area contributed by atoms with Crippen LogP contribution in [0.1, 0.15) is 27.3 Å². The van der Waals surface area contributed by atoms with E-state index >= 15 is 0 Å². The highest BCUT2D eigenvalue weighted by molar-refractivity contribution is 5.97. The van der Waals surface area contributed by atoms with E-state index in [1.54, 1.807) is 23.4 Å². The van der Waals surface area contributed by atoms with E-state index in [0.29, 0.717) is 25.1 Å². The Balaban J connectivity index is 1.55. The van der Waals surface area contributed by atoms with Gasteiger partial charge < -0.3 is 15.2 Å². The third-order valence-electron chi connectivity index (χ3n) is 4.79. The van der Waals surface area contributed by atoms with Crippen LogP contribution in [0.25, 0.3) is 0 Å². The van der Waals surface area contributed by atoms with E-state index < -0.39 is 6.04 Å². The van der Waals surface area contributed by atoms with Gasteiger partial charge in [-0.3, -0.25) is 9.59 Å². The number of hydrogen-bond acceptors (Lipinski definition) is 3. The minimum absolute atomic E-state index is 0.157. The Labute approximate surface area is 157 Å². The summed E-state index contributed by atoms with van der Waals surface area (Å²) in [4.78, 5) is 34.9. The fourth-order valence-corrected chi connectivity index (χ4v) is 3.33. The number of carbonyl (C=O) groups excluding carboxylic acids is 2. The Hall–Kier alpha value is -3.41. The van der Waals surface area contributed by atoms with Crippen LogP contribution < -0.4 is 5.32 Å². The maximum absolute atomic E-state index is 13.0. The number of fused-ring (bicyclic) bond motifs is 1. The van der Waals surface area contributed by atoms with Gasteiger partial charge in [0, 0.05) is 18.5 Å². The molecule has 27 heavy (non-hydrogen) atoms. The average Bonchev–Trinajstić information content (AvgIpc) is 3.19. The topological polar surface area (TPSA) is 78.1 Å². The summed E-state index contributed by atoms with van der Waals surface area (Å²) >= 11 is 0. The number of hydrogen-bond donors (Lipinski definition) is 2. The lowest BCUT2D eigenvalue weighted by atomic mass is 10.00. The number of nitrogens with zero attached hydrogens (tertiary/aromatic N) is 2. The Morgan fingerprint density at radius 1 is 1.07 bits per heavy atom. The number of amides is 2. The van der Waals surface area contributed by atoms with Crippen molar-refractivity contribution in [2.24, 2.45) is 0 Å². The van der Waals surface area contributed by atoms with Crippen LogP contribution in [0.2, 0.25) is 0 Å². The minimum atomic E-state index is -0.586. The van der Waals surface area contributed by atoms with Gasteiger partial charge >= 0.3 is 0 Å². The van der Waals surface area contributed by atoms with Crippen LogP contribution in [0.5, 0.6) is 0 Å². The summed E-state index contributed by atoms with van der Waals surface area (Å²) in [6.07, 6.45) is 2.01. The zero-order valence-electron chi connectivity index (χ0n) is 14.8. The number of carbonyl (C=O) groups is 2. The van der Waals surface area contributed by atoms with E-state index in [9.17, 15) is 9.59 Å². The number of H-pyrrole nitrogens is 1. The molecule has 2 heterocycles. The van der Waals surface area contributed by atoms with Gasteiger partial charge in [-0.1, -0.05) is 48.5 Å². The van der Waals surface area contributed by atoms with Crippen molar-refractivity contribution in [3.8, 4) is 0 Å². The van der Waals surface area contributed by atoms with Crippen molar-refractivity contribution >= 4 is 11.8 Å². The molecule has 6 heteroatoms. The fraction of sp³-hybridized carbons (Fsp3) is 0.190. The molecule has 6 nitrogen and oxygen atoms in total. The zero-order chi connectivity index (χ0) is 18.6. The highest BCUT2D eigenvalue weighted by atomic mass is 16.2. The van der Waals surface area contributed by atoms with Gasteiger partial charge in [0.25, 0.3) is 5.91 Å². The zero-order valence-corrected chi connectivity index (χ0v) is 14.8. The largest absolute Gasteiger partial charge is 0.350 e. The number of imidazole rings is 1. The summed E-state index contributed by atoms with van der Waals surface area (Å²) in [5.74, 6) is -0.326. The molecule has 2 aromatic carbocycles. The molecule has 1 aliphatic rings. The molecule has 0 radical (unpaired) electrons. The van der Waals surface area contributed by atoms with Gasteiger partial charge in [0.05, 0.1) is 24.3 Å². The predicted molar refractivity (Wildman–Crippen MR) is 101 cm³/mol. The summed E-state index contributed by atoms with van der Waals surface area (Å²) in [6, 6.07) is 18.2. The standard InChI is InChI=1S/C21H20N4O2/c26-20(22-12-15-7-3-1-4-8-15)19-11-17-18(24-14-23-17)13-25(19)21(27)16-9-5-2-6-10-16/h1-10,14,19H,11-13H2,(H,22,26)(H,23,24)/t19-/m0/s1. The number of aromatic nitrogens is 2. The second-order valence-electron chi connectivity index (χ2n) is 6.55. The van der Waals surface area contributed by atoms with Gasteiger partial charge in [0.2, 0.25) is 5.91 Å². The van der Waals surface area contributed by atoms with Crippen molar-refractivity contribution in [3.63, 3.8) is 0 Å². The first-order chi connectivity index (χ1) is 13.2. The molecule has 0 unspecified atom stereocenters. The molecule has 4 rings (SSSR count). The van der Waals surface area contributed by atoms with Crippen LogP contribution >= 0.6 is 0 Å². The van der Waals surface area contributed by atoms with Crippen LogP contribution in [0.3, 0.4) is 0 Å². The lowest BCUT2D eigenvalue weighted by Gasteiger charge is -2.34. The molecule has 3 aromatic rings.